The van der Waals surface area contributed by atoms with Gasteiger partial charge < -0.3 is 4.74 Å². The van der Waals surface area contributed by atoms with E-state index in [1.165, 1.54) is 0 Å². The molecule has 62 valence electrons. The number of rotatable bonds is 0. The molecule has 0 atom stereocenters. The van der Waals surface area contributed by atoms with Gasteiger partial charge in [0.25, 0.3) is 0 Å². The third kappa shape index (κ3) is 0.897. The van der Waals surface area contributed by atoms with Gasteiger partial charge in [0.1, 0.15) is 0 Å². The van der Waals surface area contributed by atoms with Crippen molar-refractivity contribution in [2.24, 2.45) is 0 Å². The van der Waals surface area contributed by atoms with Gasteiger partial charge in [-0.2, -0.15) is 0 Å². The Bertz CT molecular complexity index is 334. The lowest BCUT2D eigenvalue weighted by atomic mass is 9.94. The molecule has 0 N–H and O–H groups in total. The second-order valence-electron chi connectivity index (χ2n) is 3.07. The Morgan fingerprint density at radius 2 is 1.92 bits per heavy atom. The van der Waals surface area contributed by atoms with Gasteiger partial charge in [-0.25, -0.2) is 9.59 Å². The third-order valence-electron chi connectivity index (χ3n) is 2.15. The molecule has 1 heterocycles. The molecule has 0 fully saturated rings. The topological polar surface area (TPSA) is 43.4 Å². The van der Waals surface area contributed by atoms with Crippen molar-refractivity contribution in [3.63, 3.8) is 0 Å². The molecule has 0 saturated heterocycles. The maximum absolute atomic E-state index is 11.0. The molecular weight excluding hydrogens is 156 g/mol. The fraction of sp³-hybridized carbons (Fsp3) is 0.333. The average Bonchev–Trinajstić information content (AvgIpc) is 2.28. The van der Waals surface area contributed by atoms with Crippen molar-refractivity contribution in [1.82, 2.24) is 0 Å². The molecule has 0 aromatic heterocycles. The van der Waals surface area contributed by atoms with E-state index in [4.69, 9.17) is 0 Å². The summed E-state index contributed by atoms with van der Waals surface area (Å²) in [6, 6.07) is 0. The van der Waals surface area contributed by atoms with Crippen molar-refractivity contribution in [3.8, 4) is 0 Å². The highest BCUT2D eigenvalue weighted by molar-refractivity contribution is 6.13. The van der Waals surface area contributed by atoms with E-state index in [0.29, 0.717) is 24.0 Å². The first-order valence-electron chi connectivity index (χ1n) is 3.82. The SMILES string of the molecule is CC1=CCC2=C(C1)C(=O)OC2=O. The molecule has 0 aromatic carbocycles. The van der Waals surface area contributed by atoms with Gasteiger partial charge in [0.15, 0.2) is 0 Å². The molecule has 0 radical (unpaired) electrons. The maximum atomic E-state index is 11.0. The van der Waals surface area contributed by atoms with Gasteiger partial charge in [-0.15, -0.1) is 0 Å². The summed E-state index contributed by atoms with van der Waals surface area (Å²) in [4.78, 5) is 22.0. The zero-order valence-corrected chi connectivity index (χ0v) is 6.72. The monoisotopic (exact) mass is 164 g/mol. The summed E-state index contributed by atoms with van der Waals surface area (Å²) in [5, 5.41) is 0. The van der Waals surface area contributed by atoms with E-state index in [1.807, 2.05) is 13.0 Å². The zero-order valence-electron chi connectivity index (χ0n) is 6.72. The van der Waals surface area contributed by atoms with E-state index < -0.39 is 11.9 Å². The molecule has 0 aromatic rings. The van der Waals surface area contributed by atoms with Crippen molar-refractivity contribution >= 4 is 11.9 Å². The number of ether oxygens (including phenoxy) is 1. The van der Waals surface area contributed by atoms with E-state index in [-0.39, 0.29) is 0 Å². The van der Waals surface area contributed by atoms with Crippen LogP contribution in [-0.2, 0) is 14.3 Å². The number of esters is 2. The lowest BCUT2D eigenvalue weighted by molar-refractivity contribution is -0.151. The van der Waals surface area contributed by atoms with E-state index >= 15 is 0 Å². The highest BCUT2D eigenvalue weighted by atomic mass is 16.6. The van der Waals surface area contributed by atoms with Crippen LogP contribution in [0.5, 0.6) is 0 Å². The number of allylic oxidation sites excluding steroid dienone is 2. The summed E-state index contributed by atoms with van der Waals surface area (Å²) in [7, 11) is 0. The predicted octanol–water partition coefficient (Wildman–Crippen LogP) is 1.11. The Balaban J connectivity index is 2.38. The maximum Gasteiger partial charge on any atom is 0.342 e. The van der Waals surface area contributed by atoms with Crippen molar-refractivity contribution in [3.05, 3.63) is 22.8 Å². The molecule has 3 nitrogen and oxygen atoms in total. The van der Waals surface area contributed by atoms with E-state index in [1.54, 1.807) is 0 Å². The standard InChI is InChI=1S/C9H8O3/c1-5-2-3-6-7(4-5)9(11)12-8(6)10/h2H,3-4H2,1H3. The smallest absolute Gasteiger partial charge is 0.342 e. The second kappa shape index (κ2) is 2.30. The molecule has 0 spiro atoms. The van der Waals surface area contributed by atoms with E-state index in [2.05, 4.69) is 4.74 Å². The number of carbonyl (C=O) groups is 2. The molecule has 0 bridgehead atoms. The second-order valence-corrected chi connectivity index (χ2v) is 3.07. The quantitative estimate of drug-likeness (QED) is 0.306. The van der Waals surface area contributed by atoms with E-state index in [0.717, 1.165) is 5.57 Å². The van der Waals surface area contributed by atoms with Crippen molar-refractivity contribution in [2.75, 3.05) is 0 Å². The van der Waals surface area contributed by atoms with Crippen LogP contribution in [0.25, 0.3) is 0 Å². The fourth-order valence-electron chi connectivity index (χ4n) is 1.47. The van der Waals surface area contributed by atoms with Crippen LogP contribution in [0.3, 0.4) is 0 Å². The minimum absolute atomic E-state index is 0.456. The Labute approximate surface area is 69.7 Å². The fourth-order valence-corrected chi connectivity index (χ4v) is 1.47. The van der Waals surface area contributed by atoms with Gasteiger partial charge in [0.2, 0.25) is 0 Å². The summed E-state index contributed by atoms with van der Waals surface area (Å²) >= 11 is 0. The first-order valence-corrected chi connectivity index (χ1v) is 3.82. The Hall–Kier alpha value is -1.38. The number of carbonyl (C=O) groups excluding carboxylic acids is 2. The number of cyclic esters (lactones) is 2. The predicted molar refractivity (Wildman–Crippen MR) is 41.1 cm³/mol. The summed E-state index contributed by atoms with van der Waals surface area (Å²) in [5.41, 5.74) is 2.23. The lowest BCUT2D eigenvalue weighted by Gasteiger charge is -2.06. The van der Waals surface area contributed by atoms with Gasteiger partial charge in [-0.1, -0.05) is 11.6 Å². The van der Waals surface area contributed by atoms with Crippen LogP contribution in [0.2, 0.25) is 0 Å². The van der Waals surface area contributed by atoms with Crippen LogP contribution >= 0.6 is 0 Å². The van der Waals surface area contributed by atoms with Crippen LogP contribution in [0.4, 0.5) is 0 Å². The largest absolute Gasteiger partial charge is 0.386 e. The highest BCUT2D eigenvalue weighted by Gasteiger charge is 2.33. The molecular formula is C9H8O3. The normalized spacial score (nSPS) is 22.2. The summed E-state index contributed by atoms with van der Waals surface area (Å²) in [5.74, 6) is -0.916. The minimum atomic E-state index is -0.459. The van der Waals surface area contributed by atoms with Gasteiger partial charge in [-0.05, 0) is 13.3 Å². The third-order valence-corrected chi connectivity index (χ3v) is 2.15. The van der Waals surface area contributed by atoms with Crippen LogP contribution in [-0.4, -0.2) is 11.9 Å². The first-order chi connectivity index (χ1) is 5.68. The zero-order chi connectivity index (χ0) is 8.72. The van der Waals surface area contributed by atoms with Crippen LogP contribution in [0.1, 0.15) is 19.8 Å². The Kier molecular flexibility index (Phi) is 1.40. The molecule has 2 rings (SSSR count). The van der Waals surface area contributed by atoms with Crippen molar-refractivity contribution < 1.29 is 14.3 Å². The minimum Gasteiger partial charge on any atom is -0.386 e. The van der Waals surface area contributed by atoms with Gasteiger partial charge >= 0.3 is 11.9 Å². The molecule has 1 aliphatic heterocycles. The summed E-state index contributed by atoms with van der Waals surface area (Å²) < 4.78 is 4.47. The number of hydrogen-bond donors (Lipinski definition) is 0. The molecule has 3 heteroatoms. The van der Waals surface area contributed by atoms with Crippen LogP contribution in [0.15, 0.2) is 22.8 Å². The van der Waals surface area contributed by atoms with Crippen LogP contribution < -0.4 is 0 Å². The van der Waals surface area contributed by atoms with Gasteiger partial charge in [0, 0.05) is 6.42 Å². The molecule has 12 heavy (non-hydrogen) atoms. The van der Waals surface area contributed by atoms with E-state index in [9.17, 15) is 9.59 Å². The van der Waals surface area contributed by atoms with Crippen molar-refractivity contribution in [2.45, 2.75) is 19.8 Å². The average molecular weight is 164 g/mol. The first kappa shape index (κ1) is 7.28. The van der Waals surface area contributed by atoms with Gasteiger partial charge in [-0.3, -0.25) is 0 Å². The number of hydrogen-bond acceptors (Lipinski definition) is 3. The molecule has 0 amide bonds. The summed E-state index contributed by atoms with van der Waals surface area (Å²) in [6.07, 6.45) is 3.07. The van der Waals surface area contributed by atoms with Crippen molar-refractivity contribution in [1.29, 1.82) is 0 Å². The van der Waals surface area contributed by atoms with Gasteiger partial charge in [0.05, 0.1) is 11.1 Å². The Morgan fingerprint density at radius 1 is 1.25 bits per heavy atom. The molecule has 0 unspecified atom stereocenters. The lowest BCUT2D eigenvalue weighted by Crippen LogP contribution is -2.01. The molecule has 0 saturated carbocycles. The molecule has 2 aliphatic rings. The molecule has 1 aliphatic carbocycles. The Morgan fingerprint density at radius 3 is 2.67 bits per heavy atom. The highest BCUT2D eigenvalue weighted by Crippen LogP contribution is 2.30. The van der Waals surface area contributed by atoms with Crippen LogP contribution in [0, 0.1) is 0 Å². The summed E-state index contributed by atoms with van der Waals surface area (Å²) in [6.45, 7) is 1.94.